The van der Waals surface area contributed by atoms with Crippen molar-refractivity contribution in [1.82, 2.24) is 0 Å². The van der Waals surface area contributed by atoms with Gasteiger partial charge in [-0.15, -0.1) is 0 Å². The van der Waals surface area contributed by atoms with Crippen molar-refractivity contribution in [1.29, 1.82) is 0 Å². The molecule has 11 heteroatoms. The van der Waals surface area contributed by atoms with Crippen LogP contribution in [-0.4, -0.2) is 34.9 Å². The van der Waals surface area contributed by atoms with Gasteiger partial charge in [-0.1, -0.05) is 6.07 Å². The summed E-state index contributed by atoms with van der Waals surface area (Å²) in [5.74, 6) is -1.51. The summed E-state index contributed by atoms with van der Waals surface area (Å²) < 4.78 is 9.98. The van der Waals surface area contributed by atoms with Crippen LogP contribution in [0.25, 0.3) is 0 Å². The normalized spacial score (nSPS) is 11.3. The third-order valence-corrected chi connectivity index (χ3v) is 4.03. The fourth-order valence-corrected chi connectivity index (χ4v) is 2.45. The van der Waals surface area contributed by atoms with Gasteiger partial charge >= 0.3 is 5.97 Å². The number of hydrogen-bond acceptors (Lipinski definition) is 8. The highest BCUT2D eigenvalue weighted by Crippen LogP contribution is 2.29. The Balaban J connectivity index is 2.16. The number of hydrogen-bond donors (Lipinski definition) is 1. The van der Waals surface area contributed by atoms with Crippen LogP contribution in [0, 0.1) is 27.2 Å². The Morgan fingerprint density at radius 3 is 2.31 bits per heavy atom. The van der Waals surface area contributed by atoms with E-state index < -0.39 is 33.5 Å². The number of esters is 1. The van der Waals surface area contributed by atoms with Gasteiger partial charge in [0.15, 0.2) is 6.10 Å². The molecule has 0 bridgehead atoms. The van der Waals surface area contributed by atoms with Crippen LogP contribution >= 0.6 is 0 Å². The van der Waals surface area contributed by atoms with Crippen molar-refractivity contribution in [3.63, 3.8) is 0 Å². The first-order valence-corrected chi connectivity index (χ1v) is 8.24. The number of nitrogens with one attached hydrogen (secondary N) is 1. The lowest BCUT2D eigenvalue weighted by atomic mass is 10.1. The summed E-state index contributed by atoms with van der Waals surface area (Å²) >= 11 is 0. The van der Waals surface area contributed by atoms with E-state index in [0.717, 1.165) is 6.07 Å². The van der Waals surface area contributed by atoms with Gasteiger partial charge in [0.2, 0.25) is 0 Å². The van der Waals surface area contributed by atoms with E-state index in [4.69, 9.17) is 9.47 Å². The molecule has 2 aromatic rings. The summed E-state index contributed by atoms with van der Waals surface area (Å²) in [6.45, 7) is 2.66. The SMILES string of the molecule is COc1ccc(NC(=O)C(C)OC(=O)c2cccc([N+](=O)[O-])c2C)c([N+](=O)[O-])c1. The highest BCUT2D eigenvalue weighted by Gasteiger charge is 2.25. The van der Waals surface area contributed by atoms with E-state index in [1.54, 1.807) is 0 Å². The molecule has 0 aromatic heterocycles. The molecule has 0 spiro atoms. The molecule has 1 N–H and O–H groups in total. The number of carbonyl (C=O) groups excluding carboxylic acids is 2. The molecule has 29 heavy (non-hydrogen) atoms. The zero-order chi connectivity index (χ0) is 21.7. The smallest absolute Gasteiger partial charge is 0.339 e. The topological polar surface area (TPSA) is 151 Å². The average Bonchev–Trinajstić information content (AvgIpc) is 2.67. The molecule has 1 amide bonds. The Morgan fingerprint density at radius 2 is 1.72 bits per heavy atom. The number of methoxy groups -OCH3 is 1. The number of rotatable bonds is 7. The Kier molecular flexibility index (Phi) is 6.44. The van der Waals surface area contributed by atoms with Crippen LogP contribution in [0.2, 0.25) is 0 Å². The number of nitro groups is 2. The van der Waals surface area contributed by atoms with Gasteiger partial charge in [-0.2, -0.15) is 0 Å². The minimum atomic E-state index is -1.32. The van der Waals surface area contributed by atoms with Crippen molar-refractivity contribution in [3.8, 4) is 5.75 Å². The molecule has 0 aliphatic heterocycles. The fourth-order valence-electron chi connectivity index (χ4n) is 2.45. The predicted octanol–water partition coefficient (Wildman–Crippen LogP) is 3.00. The van der Waals surface area contributed by atoms with Gasteiger partial charge in [0.05, 0.1) is 28.6 Å². The molecule has 2 aromatic carbocycles. The lowest BCUT2D eigenvalue weighted by Gasteiger charge is -2.14. The summed E-state index contributed by atoms with van der Waals surface area (Å²) in [6, 6.07) is 7.75. The van der Waals surface area contributed by atoms with Crippen molar-refractivity contribution in [2.24, 2.45) is 0 Å². The second-order valence-corrected chi connectivity index (χ2v) is 5.88. The van der Waals surface area contributed by atoms with Gasteiger partial charge in [0, 0.05) is 11.6 Å². The van der Waals surface area contributed by atoms with Crippen LogP contribution < -0.4 is 10.1 Å². The monoisotopic (exact) mass is 403 g/mol. The number of nitrogens with zero attached hydrogens (tertiary/aromatic N) is 2. The molecule has 0 radical (unpaired) electrons. The molecule has 0 heterocycles. The van der Waals surface area contributed by atoms with Gasteiger partial charge in [-0.3, -0.25) is 25.0 Å². The highest BCUT2D eigenvalue weighted by molar-refractivity contribution is 5.99. The maximum absolute atomic E-state index is 12.3. The molecular weight excluding hydrogens is 386 g/mol. The van der Waals surface area contributed by atoms with Gasteiger partial charge in [0.25, 0.3) is 17.3 Å². The van der Waals surface area contributed by atoms with E-state index in [-0.39, 0.29) is 28.3 Å². The summed E-state index contributed by atoms with van der Waals surface area (Å²) in [4.78, 5) is 45.5. The quantitative estimate of drug-likeness (QED) is 0.421. The van der Waals surface area contributed by atoms with Gasteiger partial charge in [-0.25, -0.2) is 4.79 Å². The lowest BCUT2D eigenvalue weighted by Crippen LogP contribution is -2.30. The number of amides is 1. The van der Waals surface area contributed by atoms with Crippen LogP contribution in [0.1, 0.15) is 22.8 Å². The number of benzene rings is 2. The minimum absolute atomic E-state index is 0.0609. The summed E-state index contributed by atoms with van der Waals surface area (Å²) in [5, 5.41) is 24.5. The molecule has 0 aliphatic carbocycles. The van der Waals surface area contributed by atoms with Gasteiger partial charge in [0.1, 0.15) is 11.4 Å². The van der Waals surface area contributed by atoms with Crippen LogP contribution in [0.5, 0.6) is 5.75 Å². The van der Waals surface area contributed by atoms with Crippen molar-refractivity contribution < 1.29 is 28.9 Å². The van der Waals surface area contributed by atoms with Crippen molar-refractivity contribution >= 4 is 28.9 Å². The lowest BCUT2D eigenvalue weighted by molar-refractivity contribution is -0.385. The molecule has 1 atom stereocenters. The van der Waals surface area contributed by atoms with E-state index in [0.29, 0.717) is 0 Å². The van der Waals surface area contributed by atoms with Crippen LogP contribution in [0.3, 0.4) is 0 Å². The number of anilines is 1. The highest BCUT2D eigenvalue weighted by atomic mass is 16.6. The van der Waals surface area contributed by atoms with Gasteiger partial charge in [-0.05, 0) is 32.0 Å². The molecule has 1 unspecified atom stereocenters. The second kappa shape index (κ2) is 8.78. The molecular formula is C18H17N3O8. The summed E-state index contributed by atoms with van der Waals surface area (Å²) in [7, 11) is 1.34. The number of ether oxygens (including phenoxy) is 2. The summed E-state index contributed by atoms with van der Waals surface area (Å²) in [6.07, 6.45) is -1.32. The van der Waals surface area contributed by atoms with E-state index >= 15 is 0 Å². The first-order valence-electron chi connectivity index (χ1n) is 8.24. The van der Waals surface area contributed by atoms with E-state index in [2.05, 4.69) is 5.32 Å². The van der Waals surface area contributed by atoms with Gasteiger partial charge < -0.3 is 14.8 Å². The molecule has 0 saturated heterocycles. The molecule has 0 fully saturated rings. The zero-order valence-electron chi connectivity index (χ0n) is 15.7. The third kappa shape index (κ3) is 4.83. The molecule has 0 saturated carbocycles. The van der Waals surface area contributed by atoms with E-state index in [1.165, 1.54) is 51.3 Å². The van der Waals surface area contributed by atoms with Crippen LogP contribution in [0.4, 0.5) is 17.1 Å². The first kappa shape index (κ1) is 21.3. The Bertz CT molecular complexity index is 989. The first-order chi connectivity index (χ1) is 13.6. The largest absolute Gasteiger partial charge is 0.496 e. The maximum atomic E-state index is 12.3. The molecule has 11 nitrogen and oxygen atoms in total. The third-order valence-electron chi connectivity index (χ3n) is 4.03. The number of carbonyl (C=O) groups is 2. The predicted molar refractivity (Wildman–Crippen MR) is 101 cm³/mol. The molecule has 152 valence electrons. The fraction of sp³-hybridized carbons (Fsp3) is 0.222. The molecule has 0 aliphatic rings. The summed E-state index contributed by atoms with van der Waals surface area (Å²) in [5.41, 5.74) is -0.721. The zero-order valence-corrected chi connectivity index (χ0v) is 15.7. The standard InChI is InChI=1S/C18H17N3O8/c1-10-13(5-4-6-15(10)20(24)25)18(23)29-11(2)17(22)19-14-8-7-12(28-3)9-16(14)21(26)27/h4-9,11H,1-3H3,(H,19,22). The minimum Gasteiger partial charge on any atom is -0.496 e. The van der Waals surface area contributed by atoms with Crippen molar-refractivity contribution in [2.75, 3.05) is 12.4 Å². The Morgan fingerprint density at radius 1 is 1.07 bits per heavy atom. The Hall–Kier alpha value is -4.02. The van der Waals surface area contributed by atoms with E-state index in [1.807, 2.05) is 0 Å². The van der Waals surface area contributed by atoms with E-state index in [9.17, 15) is 29.8 Å². The second-order valence-electron chi connectivity index (χ2n) is 5.88. The van der Waals surface area contributed by atoms with Crippen LogP contribution in [0.15, 0.2) is 36.4 Å². The van der Waals surface area contributed by atoms with Crippen LogP contribution in [-0.2, 0) is 9.53 Å². The Labute approximate surface area is 164 Å². The maximum Gasteiger partial charge on any atom is 0.339 e. The number of nitro benzene ring substituents is 2. The molecule has 2 rings (SSSR count). The van der Waals surface area contributed by atoms with Crippen molar-refractivity contribution in [3.05, 3.63) is 67.8 Å². The van der Waals surface area contributed by atoms with Crippen molar-refractivity contribution in [2.45, 2.75) is 20.0 Å². The average molecular weight is 403 g/mol.